The number of ketones is 1. The molecule has 2 aromatic heterocycles. The largest absolute Gasteiger partial charge is 0.465 e. The molecule has 0 fully saturated rings. The molecule has 0 saturated heterocycles. The molecule has 0 atom stereocenters. The molecule has 0 aliphatic heterocycles. The summed E-state index contributed by atoms with van der Waals surface area (Å²) < 4.78 is 10.2. The van der Waals surface area contributed by atoms with Crippen molar-refractivity contribution in [3.8, 4) is 0 Å². The number of hydrogen-bond acceptors (Lipinski definition) is 7. The lowest BCUT2D eigenvalue weighted by Crippen LogP contribution is -2.13. The number of hydrogen-bond donors (Lipinski definition) is 0. The van der Waals surface area contributed by atoms with Gasteiger partial charge >= 0.3 is 11.9 Å². The molecule has 0 bridgehead atoms. The predicted molar refractivity (Wildman–Crippen MR) is 101 cm³/mol. The van der Waals surface area contributed by atoms with Crippen LogP contribution in [0.2, 0.25) is 0 Å². The van der Waals surface area contributed by atoms with Crippen LogP contribution < -0.4 is 0 Å². The average molecular weight is 383 g/mol. The second-order valence-corrected chi connectivity index (χ2v) is 6.95. The highest BCUT2D eigenvalue weighted by Crippen LogP contribution is 2.25. The van der Waals surface area contributed by atoms with Crippen LogP contribution in [0.4, 0.5) is 0 Å². The second kappa shape index (κ2) is 7.67. The number of carbonyl (C=O) groups is 3. The topological polar surface area (TPSA) is 82.6 Å². The minimum absolute atomic E-state index is 0.112. The van der Waals surface area contributed by atoms with Crippen molar-refractivity contribution in [2.24, 2.45) is 0 Å². The number of carbonyl (C=O) groups excluding carboxylic acids is 3. The Balaban J connectivity index is 1.92. The zero-order valence-corrected chi connectivity index (χ0v) is 15.9. The molecule has 1 aromatic carbocycles. The number of aromatic nitrogens is 1. The molecule has 0 spiro atoms. The summed E-state index contributed by atoms with van der Waals surface area (Å²) in [5.74, 6) is -1.22. The Hall–Kier alpha value is -3.06. The molecule has 0 amide bonds. The van der Waals surface area contributed by atoms with E-state index in [-0.39, 0.29) is 12.4 Å². The number of para-hydroxylation sites is 1. The summed E-state index contributed by atoms with van der Waals surface area (Å²) in [4.78, 5) is 41.2. The first-order valence-corrected chi connectivity index (χ1v) is 8.98. The van der Waals surface area contributed by atoms with Crippen LogP contribution in [-0.2, 0) is 16.1 Å². The van der Waals surface area contributed by atoms with Gasteiger partial charge in [-0.15, -0.1) is 11.3 Å². The Morgan fingerprint density at radius 2 is 1.74 bits per heavy atom. The summed E-state index contributed by atoms with van der Waals surface area (Å²) in [6, 6.07) is 10.5. The highest BCUT2D eigenvalue weighted by molar-refractivity contribution is 7.15. The third-order valence-electron chi connectivity index (χ3n) is 4.11. The average Bonchev–Trinajstić information content (AvgIpc) is 3.16. The van der Waals surface area contributed by atoms with Gasteiger partial charge in [-0.25, -0.2) is 14.6 Å². The lowest BCUT2D eigenvalue weighted by molar-refractivity contribution is 0.0461. The van der Waals surface area contributed by atoms with E-state index < -0.39 is 11.9 Å². The van der Waals surface area contributed by atoms with Crippen molar-refractivity contribution in [3.05, 3.63) is 63.0 Å². The van der Waals surface area contributed by atoms with Gasteiger partial charge in [0.2, 0.25) is 0 Å². The van der Waals surface area contributed by atoms with E-state index in [1.807, 2.05) is 24.3 Å². The van der Waals surface area contributed by atoms with Crippen LogP contribution in [0.5, 0.6) is 0 Å². The van der Waals surface area contributed by atoms with E-state index in [1.165, 1.54) is 14.0 Å². The SMILES string of the molecule is COC(=O)c1c(COC(=O)c2ccc(C(C)=O)s2)nc2ccccc2c1C. The van der Waals surface area contributed by atoms with Crippen LogP contribution in [0.25, 0.3) is 10.9 Å². The molecule has 27 heavy (non-hydrogen) atoms. The van der Waals surface area contributed by atoms with E-state index in [4.69, 9.17) is 9.47 Å². The van der Waals surface area contributed by atoms with Crippen molar-refractivity contribution in [1.82, 2.24) is 4.98 Å². The van der Waals surface area contributed by atoms with Crippen molar-refractivity contribution in [2.75, 3.05) is 7.11 Å². The van der Waals surface area contributed by atoms with E-state index in [0.29, 0.717) is 32.1 Å². The summed E-state index contributed by atoms with van der Waals surface area (Å²) in [5, 5.41) is 0.831. The molecule has 3 aromatic rings. The maximum absolute atomic E-state index is 12.3. The molecule has 138 valence electrons. The third-order valence-corrected chi connectivity index (χ3v) is 5.28. The molecule has 0 radical (unpaired) electrons. The van der Waals surface area contributed by atoms with Crippen LogP contribution in [0.1, 0.15) is 47.9 Å². The molecule has 0 saturated carbocycles. The molecule has 7 heteroatoms. The van der Waals surface area contributed by atoms with E-state index in [1.54, 1.807) is 19.1 Å². The first kappa shape index (κ1) is 18.7. The van der Waals surface area contributed by atoms with Crippen molar-refractivity contribution < 1.29 is 23.9 Å². The van der Waals surface area contributed by atoms with E-state index in [9.17, 15) is 14.4 Å². The Kier molecular flexibility index (Phi) is 5.32. The minimum atomic E-state index is -0.573. The number of nitrogens with zero attached hydrogens (tertiary/aromatic N) is 1. The van der Waals surface area contributed by atoms with Gasteiger partial charge in [0.05, 0.1) is 28.8 Å². The monoisotopic (exact) mass is 383 g/mol. The Morgan fingerprint density at radius 1 is 1.04 bits per heavy atom. The highest BCUT2D eigenvalue weighted by Gasteiger charge is 2.21. The number of esters is 2. The number of Topliss-reactive ketones (excluding diaryl/α,β-unsaturated/α-hetero) is 1. The number of rotatable bonds is 5. The molecular formula is C20H17NO5S. The second-order valence-electron chi connectivity index (χ2n) is 5.86. The van der Waals surface area contributed by atoms with Gasteiger partial charge in [0, 0.05) is 5.39 Å². The van der Waals surface area contributed by atoms with Crippen LogP contribution in [0, 0.1) is 6.92 Å². The minimum Gasteiger partial charge on any atom is -0.465 e. The maximum Gasteiger partial charge on any atom is 0.348 e. The van der Waals surface area contributed by atoms with Crippen LogP contribution in [-0.4, -0.2) is 29.8 Å². The lowest BCUT2D eigenvalue weighted by Gasteiger charge is -2.13. The van der Waals surface area contributed by atoms with Gasteiger partial charge in [0.1, 0.15) is 11.5 Å². The van der Waals surface area contributed by atoms with Crippen molar-refractivity contribution in [2.45, 2.75) is 20.5 Å². The normalized spacial score (nSPS) is 10.6. The number of aryl methyl sites for hydroxylation is 1. The maximum atomic E-state index is 12.3. The molecule has 0 N–H and O–H groups in total. The molecule has 2 heterocycles. The summed E-state index contributed by atoms with van der Waals surface area (Å²) >= 11 is 1.07. The summed E-state index contributed by atoms with van der Waals surface area (Å²) in [6.07, 6.45) is 0. The Labute approximate surface area is 159 Å². The quantitative estimate of drug-likeness (QED) is 0.490. The zero-order chi connectivity index (χ0) is 19.6. The first-order valence-electron chi connectivity index (χ1n) is 8.16. The fourth-order valence-electron chi connectivity index (χ4n) is 2.76. The summed E-state index contributed by atoms with van der Waals surface area (Å²) in [7, 11) is 1.29. The Morgan fingerprint density at radius 3 is 2.41 bits per heavy atom. The molecule has 3 rings (SSSR count). The number of thiophene rings is 1. The number of fused-ring (bicyclic) bond motifs is 1. The molecule has 0 aliphatic rings. The van der Waals surface area contributed by atoms with E-state index in [0.717, 1.165) is 16.7 Å². The van der Waals surface area contributed by atoms with E-state index >= 15 is 0 Å². The fourth-order valence-corrected chi connectivity index (χ4v) is 3.55. The van der Waals surface area contributed by atoms with Gasteiger partial charge in [0.15, 0.2) is 5.78 Å². The van der Waals surface area contributed by atoms with Gasteiger partial charge in [0.25, 0.3) is 0 Å². The zero-order valence-electron chi connectivity index (χ0n) is 15.1. The number of benzene rings is 1. The molecule has 6 nitrogen and oxygen atoms in total. The third kappa shape index (κ3) is 3.73. The van der Waals surface area contributed by atoms with Gasteiger partial charge in [-0.1, -0.05) is 18.2 Å². The lowest BCUT2D eigenvalue weighted by atomic mass is 10.0. The first-order chi connectivity index (χ1) is 12.9. The Bertz CT molecular complexity index is 1050. The number of ether oxygens (including phenoxy) is 2. The van der Waals surface area contributed by atoms with Gasteiger partial charge in [-0.05, 0) is 37.6 Å². The van der Waals surface area contributed by atoms with Crippen LogP contribution in [0.15, 0.2) is 36.4 Å². The van der Waals surface area contributed by atoms with Gasteiger partial charge in [-0.2, -0.15) is 0 Å². The van der Waals surface area contributed by atoms with Crippen molar-refractivity contribution in [1.29, 1.82) is 0 Å². The number of methoxy groups -OCH3 is 1. The van der Waals surface area contributed by atoms with Crippen molar-refractivity contribution in [3.63, 3.8) is 0 Å². The van der Waals surface area contributed by atoms with Crippen LogP contribution >= 0.6 is 11.3 Å². The highest BCUT2D eigenvalue weighted by atomic mass is 32.1. The summed E-state index contributed by atoms with van der Waals surface area (Å²) in [5.41, 5.74) is 2.03. The van der Waals surface area contributed by atoms with Crippen molar-refractivity contribution >= 4 is 40.0 Å². The molecule has 0 unspecified atom stereocenters. The fraction of sp³-hybridized carbons (Fsp3) is 0.200. The van der Waals surface area contributed by atoms with E-state index in [2.05, 4.69) is 4.98 Å². The summed E-state index contributed by atoms with van der Waals surface area (Å²) in [6.45, 7) is 3.06. The molecule has 0 aliphatic carbocycles. The smallest absolute Gasteiger partial charge is 0.348 e. The number of pyridine rings is 1. The predicted octanol–water partition coefficient (Wildman–Crippen LogP) is 3.95. The van der Waals surface area contributed by atoms with Gasteiger partial charge < -0.3 is 9.47 Å². The standard InChI is InChI=1S/C20H17NO5S/c1-11-13-6-4-5-7-14(13)21-15(18(11)20(24)25-3)10-26-19(23)17-9-8-16(27-17)12(2)22/h4-9H,10H2,1-3H3. The van der Waals surface area contributed by atoms with Gasteiger partial charge in [-0.3, -0.25) is 4.79 Å². The van der Waals surface area contributed by atoms with Crippen LogP contribution in [0.3, 0.4) is 0 Å². The molecular weight excluding hydrogens is 366 g/mol.